The summed E-state index contributed by atoms with van der Waals surface area (Å²) in [6, 6.07) is 14.2. The SMILES string of the molecule is COc1cc(C(C)(C)C(=O)O)ccc1NC(=O)OCc1ccccc1. The number of carboxylic acid groups (broad SMARTS) is 1. The van der Waals surface area contributed by atoms with Gasteiger partial charge in [0.15, 0.2) is 0 Å². The van der Waals surface area contributed by atoms with Gasteiger partial charge in [0.1, 0.15) is 12.4 Å². The summed E-state index contributed by atoms with van der Waals surface area (Å²) in [5.41, 5.74) is 0.785. The highest BCUT2D eigenvalue weighted by atomic mass is 16.5. The second-order valence-corrected chi connectivity index (χ2v) is 6.03. The van der Waals surface area contributed by atoms with Gasteiger partial charge in [0.2, 0.25) is 0 Å². The van der Waals surface area contributed by atoms with E-state index in [0.717, 1.165) is 5.56 Å². The van der Waals surface area contributed by atoms with E-state index in [4.69, 9.17) is 9.47 Å². The van der Waals surface area contributed by atoms with E-state index in [1.54, 1.807) is 32.0 Å². The van der Waals surface area contributed by atoms with Crippen LogP contribution in [0.4, 0.5) is 10.5 Å². The minimum atomic E-state index is -1.07. The Bertz CT molecular complexity index is 756. The average molecular weight is 343 g/mol. The molecule has 0 heterocycles. The molecule has 2 N–H and O–H groups in total. The van der Waals surface area contributed by atoms with Gasteiger partial charge in [0, 0.05) is 0 Å². The van der Waals surface area contributed by atoms with Crippen molar-refractivity contribution in [1.29, 1.82) is 0 Å². The summed E-state index contributed by atoms with van der Waals surface area (Å²) in [6.07, 6.45) is -0.618. The van der Waals surface area contributed by atoms with Crippen molar-refractivity contribution in [3.63, 3.8) is 0 Å². The molecule has 0 aliphatic carbocycles. The number of amides is 1. The molecule has 2 aromatic rings. The number of anilines is 1. The zero-order chi connectivity index (χ0) is 18.4. The molecule has 1 amide bonds. The van der Waals surface area contributed by atoms with Crippen molar-refractivity contribution in [1.82, 2.24) is 0 Å². The molecular formula is C19H21NO5. The van der Waals surface area contributed by atoms with Gasteiger partial charge in [0.05, 0.1) is 18.2 Å². The van der Waals surface area contributed by atoms with Crippen LogP contribution in [-0.4, -0.2) is 24.3 Å². The predicted octanol–water partition coefficient (Wildman–Crippen LogP) is 3.81. The first-order valence-corrected chi connectivity index (χ1v) is 7.74. The van der Waals surface area contributed by atoms with E-state index < -0.39 is 17.5 Å². The van der Waals surface area contributed by atoms with Gasteiger partial charge in [-0.25, -0.2) is 4.79 Å². The van der Waals surface area contributed by atoms with Gasteiger partial charge in [-0.15, -0.1) is 0 Å². The number of benzene rings is 2. The van der Waals surface area contributed by atoms with Crippen LogP contribution < -0.4 is 10.1 Å². The van der Waals surface area contributed by atoms with Gasteiger partial charge in [0.25, 0.3) is 0 Å². The molecule has 0 aliphatic rings. The predicted molar refractivity (Wildman–Crippen MR) is 93.9 cm³/mol. The number of nitrogens with one attached hydrogen (secondary N) is 1. The van der Waals surface area contributed by atoms with Crippen molar-refractivity contribution in [2.75, 3.05) is 12.4 Å². The first-order chi connectivity index (χ1) is 11.8. The quantitative estimate of drug-likeness (QED) is 0.833. The lowest BCUT2D eigenvalue weighted by Gasteiger charge is -2.21. The normalized spacial score (nSPS) is 10.8. The highest BCUT2D eigenvalue weighted by molar-refractivity contribution is 5.87. The van der Waals surface area contributed by atoms with Crippen LogP contribution >= 0.6 is 0 Å². The van der Waals surface area contributed by atoms with Crippen LogP contribution in [0.15, 0.2) is 48.5 Å². The first kappa shape index (κ1) is 18.3. The summed E-state index contributed by atoms with van der Waals surface area (Å²) in [5.74, 6) is -0.582. The lowest BCUT2D eigenvalue weighted by molar-refractivity contribution is -0.142. The summed E-state index contributed by atoms with van der Waals surface area (Å²) in [7, 11) is 1.45. The van der Waals surface area contributed by atoms with E-state index in [-0.39, 0.29) is 6.61 Å². The molecule has 6 heteroatoms. The van der Waals surface area contributed by atoms with E-state index in [0.29, 0.717) is 17.0 Å². The van der Waals surface area contributed by atoms with Crippen molar-refractivity contribution in [2.24, 2.45) is 0 Å². The van der Waals surface area contributed by atoms with Crippen molar-refractivity contribution in [2.45, 2.75) is 25.9 Å². The molecule has 0 unspecified atom stereocenters. The number of hydrogen-bond acceptors (Lipinski definition) is 4. The molecule has 0 radical (unpaired) electrons. The molecule has 2 rings (SSSR count). The monoisotopic (exact) mass is 343 g/mol. The summed E-state index contributed by atoms with van der Waals surface area (Å²) in [5, 5.41) is 11.9. The van der Waals surface area contributed by atoms with Crippen LogP contribution in [0.5, 0.6) is 5.75 Å². The van der Waals surface area contributed by atoms with Gasteiger partial charge in [-0.3, -0.25) is 10.1 Å². The fourth-order valence-corrected chi connectivity index (χ4v) is 2.18. The first-order valence-electron chi connectivity index (χ1n) is 7.74. The molecule has 0 bridgehead atoms. The summed E-state index contributed by atoms with van der Waals surface area (Å²) >= 11 is 0. The third-order valence-corrected chi connectivity index (χ3v) is 3.91. The Hall–Kier alpha value is -3.02. The average Bonchev–Trinajstić information content (AvgIpc) is 2.61. The fraction of sp³-hybridized carbons (Fsp3) is 0.263. The summed E-state index contributed by atoms with van der Waals surface area (Å²) < 4.78 is 10.4. The van der Waals surface area contributed by atoms with Gasteiger partial charge >= 0.3 is 12.1 Å². The van der Waals surface area contributed by atoms with Gasteiger partial charge in [-0.1, -0.05) is 36.4 Å². The number of aliphatic carboxylic acids is 1. The molecule has 0 atom stereocenters. The Labute approximate surface area is 146 Å². The number of hydrogen-bond donors (Lipinski definition) is 2. The topological polar surface area (TPSA) is 84.9 Å². The minimum absolute atomic E-state index is 0.152. The molecule has 0 aliphatic heterocycles. The summed E-state index contributed by atoms with van der Waals surface area (Å²) in [6.45, 7) is 3.36. The molecule has 0 saturated heterocycles. The number of rotatable bonds is 6. The van der Waals surface area contributed by atoms with E-state index in [9.17, 15) is 14.7 Å². The number of ether oxygens (including phenoxy) is 2. The Morgan fingerprint density at radius 3 is 2.40 bits per heavy atom. The van der Waals surface area contributed by atoms with Gasteiger partial charge in [-0.2, -0.15) is 0 Å². The molecule has 0 spiro atoms. The molecule has 132 valence electrons. The third kappa shape index (κ3) is 4.50. The number of carbonyl (C=O) groups is 2. The zero-order valence-corrected chi connectivity index (χ0v) is 14.4. The van der Waals surface area contributed by atoms with Gasteiger partial charge < -0.3 is 14.6 Å². The maximum atomic E-state index is 12.0. The van der Waals surface area contributed by atoms with Crippen molar-refractivity contribution >= 4 is 17.7 Å². The lowest BCUT2D eigenvalue weighted by Crippen LogP contribution is -2.28. The maximum absolute atomic E-state index is 12.0. The largest absolute Gasteiger partial charge is 0.495 e. The lowest BCUT2D eigenvalue weighted by atomic mass is 9.84. The third-order valence-electron chi connectivity index (χ3n) is 3.91. The van der Waals surface area contributed by atoms with Crippen LogP contribution in [0, 0.1) is 0 Å². The minimum Gasteiger partial charge on any atom is -0.495 e. The molecule has 0 aromatic heterocycles. The van der Waals surface area contributed by atoms with Crippen molar-refractivity contribution < 1.29 is 24.2 Å². The highest BCUT2D eigenvalue weighted by Crippen LogP contribution is 2.32. The Morgan fingerprint density at radius 1 is 1.12 bits per heavy atom. The molecule has 0 saturated carbocycles. The molecule has 0 fully saturated rings. The number of carboxylic acids is 1. The van der Waals surface area contributed by atoms with E-state index in [2.05, 4.69) is 5.32 Å². The zero-order valence-electron chi connectivity index (χ0n) is 14.4. The standard InChI is InChI=1S/C19H21NO5/c1-19(2,17(21)22)14-9-10-15(16(11-14)24-3)20-18(23)25-12-13-7-5-4-6-8-13/h4-11H,12H2,1-3H3,(H,20,23)(H,21,22). The second kappa shape index (κ2) is 7.70. The van der Waals surface area contributed by atoms with Crippen LogP contribution in [0.25, 0.3) is 0 Å². The Kier molecular flexibility index (Phi) is 5.64. The number of methoxy groups -OCH3 is 1. The van der Waals surface area contributed by atoms with Crippen LogP contribution in [0.3, 0.4) is 0 Å². The summed E-state index contributed by atoms with van der Waals surface area (Å²) in [4.78, 5) is 23.3. The van der Waals surface area contributed by atoms with Gasteiger partial charge in [-0.05, 0) is 37.1 Å². The highest BCUT2D eigenvalue weighted by Gasteiger charge is 2.30. The van der Waals surface area contributed by atoms with Crippen molar-refractivity contribution in [3.05, 3.63) is 59.7 Å². The van der Waals surface area contributed by atoms with E-state index >= 15 is 0 Å². The molecule has 6 nitrogen and oxygen atoms in total. The van der Waals surface area contributed by atoms with Crippen molar-refractivity contribution in [3.8, 4) is 5.75 Å². The van der Waals surface area contributed by atoms with Crippen LogP contribution in [0.1, 0.15) is 25.0 Å². The van der Waals surface area contributed by atoms with E-state index in [1.165, 1.54) is 7.11 Å². The maximum Gasteiger partial charge on any atom is 0.412 e. The smallest absolute Gasteiger partial charge is 0.412 e. The Morgan fingerprint density at radius 2 is 1.80 bits per heavy atom. The number of carbonyl (C=O) groups excluding carboxylic acids is 1. The van der Waals surface area contributed by atoms with Crippen LogP contribution in [0.2, 0.25) is 0 Å². The molecule has 2 aromatic carbocycles. The fourth-order valence-electron chi connectivity index (χ4n) is 2.18. The van der Waals surface area contributed by atoms with Crippen LogP contribution in [-0.2, 0) is 21.6 Å². The van der Waals surface area contributed by atoms with E-state index in [1.807, 2.05) is 30.3 Å². The molecular weight excluding hydrogens is 322 g/mol. The Balaban J connectivity index is 2.09. The second-order valence-electron chi connectivity index (χ2n) is 6.03. The molecule has 25 heavy (non-hydrogen) atoms.